The summed E-state index contributed by atoms with van der Waals surface area (Å²) in [6, 6.07) is 6.98. The maximum atomic E-state index is 12.2. The Kier molecular flexibility index (Phi) is 5.62. The lowest BCUT2D eigenvalue weighted by Gasteiger charge is -2.25. The minimum atomic E-state index is -0.705. The average molecular weight is 291 g/mol. The normalized spacial score (nSPS) is 18.8. The number of carbonyl (C=O) groups is 1. The topological polar surface area (TPSA) is 58.6 Å². The van der Waals surface area contributed by atoms with Crippen LogP contribution in [0, 0.1) is 5.92 Å². The first kappa shape index (κ1) is 15.8. The van der Waals surface area contributed by atoms with E-state index in [0.717, 1.165) is 37.0 Å². The fraction of sp³-hybridized carbons (Fsp3) is 0.588. The molecule has 0 bridgehead atoms. The van der Waals surface area contributed by atoms with Crippen LogP contribution in [0.4, 0.5) is 0 Å². The van der Waals surface area contributed by atoms with Gasteiger partial charge in [-0.2, -0.15) is 0 Å². The van der Waals surface area contributed by atoms with Crippen molar-refractivity contribution in [2.24, 2.45) is 5.92 Å². The van der Waals surface area contributed by atoms with E-state index in [2.05, 4.69) is 5.32 Å². The van der Waals surface area contributed by atoms with Crippen LogP contribution in [0.15, 0.2) is 24.3 Å². The molecule has 1 fully saturated rings. The van der Waals surface area contributed by atoms with Crippen LogP contribution in [0.3, 0.4) is 0 Å². The highest BCUT2D eigenvalue weighted by atomic mass is 16.5. The second kappa shape index (κ2) is 7.46. The fourth-order valence-corrected chi connectivity index (χ4v) is 2.88. The summed E-state index contributed by atoms with van der Waals surface area (Å²) in [7, 11) is 1.61. The zero-order chi connectivity index (χ0) is 15.2. The van der Waals surface area contributed by atoms with Crippen molar-refractivity contribution >= 4 is 5.91 Å². The van der Waals surface area contributed by atoms with Gasteiger partial charge in [0.25, 0.3) is 0 Å². The number of benzene rings is 1. The van der Waals surface area contributed by atoms with Gasteiger partial charge in [0.05, 0.1) is 19.3 Å². The molecule has 1 amide bonds. The molecule has 1 aromatic rings. The molecule has 1 saturated carbocycles. The van der Waals surface area contributed by atoms with Crippen molar-refractivity contribution in [3.05, 3.63) is 29.8 Å². The first-order valence-electron chi connectivity index (χ1n) is 7.74. The van der Waals surface area contributed by atoms with Gasteiger partial charge >= 0.3 is 0 Å². The van der Waals surface area contributed by atoms with Crippen molar-refractivity contribution < 1.29 is 14.6 Å². The molecule has 0 radical (unpaired) electrons. The molecule has 116 valence electrons. The Morgan fingerprint density at radius 1 is 1.24 bits per heavy atom. The molecule has 4 nitrogen and oxygen atoms in total. The second-order valence-electron chi connectivity index (χ2n) is 5.85. The van der Waals surface area contributed by atoms with Gasteiger partial charge in [-0.25, -0.2) is 0 Å². The molecule has 1 aromatic carbocycles. The highest BCUT2D eigenvalue weighted by molar-refractivity contribution is 5.79. The minimum absolute atomic E-state index is 0.0785. The molecule has 1 aliphatic carbocycles. The molecule has 0 aromatic heterocycles. The quantitative estimate of drug-likeness (QED) is 0.877. The Morgan fingerprint density at radius 2 is 1.86 bits per heavy atom. The highest BCUT2D eigenvalue weighted by Crippen LogP contribution is 2.25. The predicted octanol–water partition coefficient (Wildman–Crippen LogP) is 2.81. The third-order valence-electron chi connectivity index (χ3n) is 4.28. The Morgan fingerprint density at radius 3 is 2.43 bits per heavy atom. The molecule has 1 aliphatic rings. The molecular formula is C17H25NO3. The first-order chi connectivity index (χ1) is 10.1. The van der Waals surface area contributed by atoms with Crippen LogP contribution in [-0.2, 0) is 4.79 Å². The maximum absolute atomic E-state index is 12.2. The van der Waals surface area contributed by atoms with Crippen LogP contribution in [0.5, 0.6) is 5.75 Å². The van der Waals surface area contributed by atoms with Crippen LogP contribution >= 0.6 is 0 Å². The zero-order valence-corrected chi connectivity index (χ0v) is 12.8. The first-order valence-corrected chi connectivity index (χ1v) is 7.74. The number of aliphatic hydroxyl groups is 1. The maximum Gasteiger partial charge on any atom is 0.223 e. The van der Waals surface area contributed by atoms with E-state index in [0.29, 0.717) is 0 Å². The van der Waals surface area contributed by atoms with E-state index in [-0.39, 0.29) is 17.9 Å². The Hall–Kier alpha value is -1.55. The Labute approximate surface area is 126 Å². The summed E-state index contributed by atoms with van der Waals surface area (Å²) in [5, 5.41) is 13.3. The molecular weight excluding hydrogens is 266 g/mol. The van der Waals surface area contributed by atoms with E-state index < -0.39 is 6.10 Å². The van der Waals surface area contributed by atoms with Gasteiger partial charge in [0.15, 0.2) is 0 Å². The fourth-order valence-electron chi connectivity index (χ4n) is 2.88. The van der Waals surface area contributed by atoms with Crippen LogP contribution < -0.4 is 10.1 Å². The number of methoxy groups -OCH3 is 1. The number of carbonyl (C=O) groups excluding carboxylic acids is 1. The number of hydrogen-bond acceptors (Lipinski definition) is 3. The number of rotatable bonds is 5. The van der Waals surface area contributed by atoms with Crippen molar-refractivity contribution in [2.45, 2.75) is 51.2 Å². The third-order valence-corrected chi connectivity index (χ3v) is 4.28. The van der Waals surface area contributed by atoms with Gasteiger partial charge in [0, 0.05) is 5.92 Å². The summed E-state index contributed by atoms with van der Waals surface area (Å²) in [6.45, 7) is 1.84. The highest BCUT2D eigenvalue weighted by Gasteiger charge is 2.25. The lowest BCUT2D eigenvalue weighted by atomic mass is 9.88. The summed E-state index contributed by atoms with van der Waals surface area (Å²) in [5.41, 5.74) is 0.784. The lowest BCUT2D eigenvalue weighted by Crippen LogP contribution is -2.41. The molecule has 4 heteroatoms. The van der Waals surface area contributed by atoms with E-state index in [4.69, 9.17) is 4.74 Å². The van der Waals surface area contributed by atoms with Gasteiger partial charge in [-0.3, -0.25) is 4.79 Å². The summed E-state index contributed by atoms with van der Waals surface area (Å²) in [4.78, 5) is 12.2. The number of aliphatic hydroxyl groups excluding tert-OH is 1. The summed E-state index contributed by atoms with van der Waals surface area (Å²) in [5.74, 6) is 0.948. The summed E-state index contributed by atoms with van der Waals surface area (Å²) < 4.78 is 5.10. The largest absolute Gasteiger partial charge is 0.497 e. The van der Waals surface area contributed by atoms with E-state index in [1.807, 2.05) is 31.2 Å². The van der Waals surface area contributed by atoms with Gasteiger partial charge in [0.2, 0.25) is 5.91 Å². The zero-order valence-electron chi connectivity index (χ0n) is 12.8. The molecule has 0 aliphatic heterocycles. The van der Waals surface area contributed by atoms with Crippen LogP contribution in [-0.4, -0.2) is 24.2 Å². The monoisotopic (exact) mass is 291 g/mol. The smallest absolute Gasteiger partial charge is 0.223 e. The standard InChI is InChI=1S/C17H25NO3/c1-12(18-17(20)14-6-4-3-5-7-14)16(19)13-8-10-15(21-2)11-9-13/h8-12,14,16,19H,3-7H2,1-2H3,(H,18,20). The minimum Gasteiger partial charge on any atom is -0.497 e. The molecule has 0 saturated heterocycles. The van der Waals surface area contributed by atoms with Crippen LogP contribution in [0.2, 0.25) is 0 Å². The molecule has 0 spiro atoms. The Balaban J connectivity index is 1.91. The van der Waals surface area contributed by atoms with E-state index in [1.165, 1.54) is 6.42 Å². The van der Waals surface area contributed by atoms with Crippen LogP contribution in [0.25, 0.3) is 0 Å². The van der Waals surface area contributed by atoms with Gasteiger partial charge < -0.3 is 15.2 Å². The third kappa shape index (κ3) is 4.21. The van der Waals surface area contributed by atoms with Crippen molar-refractivity contribution in [3.8, 4) is 5.75 Å². The molecule has 2 rings (SSSR count). The molecule has 2 unspecified atom stereocenters. The second-order valence-corrected chi connectivity index (χ2v) is 5.85. The Bertz CT molecular complexity index is 452. The van der Waals surface area contributed by atoms with Crippen molar-refractivity contribution in [1.82, 2.24) is 5.32 Å². The van der Waals surface area contributed by atoms with E-state index in [1.54, 1.807) is 7.11 Å². The average Bonchev–Trinajstić information content (AvgIpc) is 2.55. The summed E-state index contributed by atoms with van der Waals surface area (Å²) >= 11 is 0. The van der Waals surface area contributed by atoms with Crippen LogP contribution in [0.1, 0.15) is 50.7 Å². The molecule has 2 N–H and O–H groups in total. The molecule has 2 atom stereocenters. The number of nitrogens with one attached hydrogen (secondary N) is 1. The van der Waals surface area contributed by atoms with Gasteiger partial charge in [-0.05, 0) is 37.5 Å². The van der Waals surface area contributed by atoms with Crippen molar-refractivity contribution in [3.63, 3.8) is 0 Å². The number of amides is 1. The van der Waals surface area contributed by atoms with Crippen molar-refractivity contribution in [2.75, 3.05) is 7.11 Å². The summed E-state index contributed by atoms with van der Waals surface area (Å²) in [6.07, 6.45) is 4.73. The van der Waals surface area contributed by atoms with E-state index in [9.17, 15) is 9.90 Å². The van der Waals surface area contributed by atoms with Crippen molar-refractivity contribution in [1.29, 1.82) is 0 Å². The van der Waals surface area contributed by atoms with Gasteiger partial charge in [-0.15, -0.1) is 0 Å². The molecule has 21 heavy (non-hydrogen) atoms. The molecule has 0 heterocycles. The van der Waals surface area contributed by atoms with Gasteiger partial charge in [0.1, 0.15) is 5.75 Å². The van der Waals surface area contributed by atoms with E-state index >= 15 is 0 Å². The lowest BCUT2D eigenvalue weighted by molar-refractivity contribution is -0.127. The number of ether oxygens (including phenoxy) is 1. The predicted molar refractivity (Wildman–Crippen MR) is 82.1 cm³/mol. The number of hydrogen-bond donors (Lipinski definition) is 2. The SMILES string of the molecule is COc1ccc(C(O)C(C)NC(=O)C2CCCCC2)cc1. The van der Waals surface area contributed by atoms with Gasteiger partial charge in [-0.1, -0.05) is 31.4 Å².